The zero-order chi connectivity index (χ0) is 16.7. The first-order valence-electron chi connectivity index (χ1n) is 8.15. The molecule has 0 saturated heterocycles. The molecule has 0 aliphatic carbocycles. The zero-order valence-corrected chi connectivity index (χ0v) is 13.4. The lowest BCUT2D eigenvalue weighted by atomic mass is 10.0. The van der Waals surface area contributed by atoms with Crippen LogP contribution < -0.4 is 5.32 Å². The Bertz CT molecular complexity index is 676. The van der Waals surface area contributed by atoms with Crippen LogP contribution in [0, 0.1) is 0 Å². The number of unbranched alkanes of at least 4 members (excludes halogenated alkanes) is 3. The first kappa shape index (κ1) is 17.0. The van der Waals surface area contributed by atoms with Crippen molar-refractivity contribution in [1.29, 1.82) is 0 Å². The quantitative estimate of drug-likeness (QED) is 0.724. The average Bonchev–Trinajstić information content (AvgIpc) is 2.56. The number of carboxylic acids is 1. The highest BCUT2D eigenvalue weighted by molar-refractivity contribution is 6.07. The first-order valence-corrected chi connectivity index (χ1v) is 8.15. The van der Waals surface area contributed by atoms with E-state index in [-0.39, 0.29) is 5.91 Å². The molecule has 4 nitrogen and oxygen atoms in total. The normalized spacial score (nSPS) is 12.0. The predicted octanol–water partition coefficient (Wildman–Crippen LogP) is 3.99. The fourth-order valence-corrected chi connectivity index (χ4v) is 2.69. The third-order valence-electron chi connectivity index (χ3n) is 3.98. The molecule has 2 rings (SSSR count). The average molecular weight is 313 g/mol. The molecule has 2 N–H and O–H groups in total. The molecule has 0 fully saturated rings. The van der Waals surface area contributed by atoms with Crippen LogP contribution in [0.3, 0.4) is 0 Å². The maximum Gasteiger partial charge on any atom is 0.326 e. The summed E-state index contributed by atoms with van der Waals surface area (Å²) in [6.07, 6.45) is 4.45. The van der Waals surface area contributed by atoms with Crippen LogP contribution in [0.2, 0.25) is 0 Å². The topological polar surface area (TPSA) is 66.4 Å². The van der Waals surface area contributed by atoms with E-state index in [4.69, 9.17) is 0 Å². The number of benzene rings is 2. The van der Waals surface area contributed by atoms with E-state index in [9.17, 15) is 14.7 Å². The molecule has 23 heavy (non-hydrogen) atoms. The number of carbonyl (C=O) groups is 2. The Balaban J connectivity index is 2.10. The van der Waals surface area contributed by atoms with Crippen molar-refractivity contribution in [2.24, 2.45) is 0 Å². The molecule has 0 aliphatic heterocycles. The van der Waals surface area contributed by atoms with Crippen molar-refractivity contribution in [2.45, 2.75) is 45.1 Å². The van der Waals surface area contributed by atoms with Gasteiger partial charge in [0, 0.05) is 5.56 Å². The number of fused-ring (bicyclic) bond motifs is 1. The predicted molar refractivity (Wildman–Crippen MR) is 91.6 cm³/mol. The highest BCUT2D eigenvalue weighted by Gasteiger charge is 2.21. The molecule has 0 radical (unpaired) electrons. The number of carboxylic acid groups (broad SMARTS) is 1. The molecule has 122 valence electrons. The van der Waals surface area contributed by atoms with Crippen molar-refractivity contribution in [2.75, 3.05) is 0 Å². The Morgan fingerprint density at radius 1 is 1.04 bits per heavy atom. The number of rotatable bonds is 8. The van der Waals surface area contributed by atoms with Gasteiger partial charge in [0.1, 0.15) is 6.04 Å². The van der Waals surface area contributed by atoms with E-state index < -0.39 is 12.0 Å². The van der Waals surface area contributed by atoms with Crippen molar-refractivity contribution in [3.63, 3.8) is 0 Å². The van der Waals surface area contributed by atoms with Crippen molar-refractivity contribution in [1.82, 2.24) is 5.32 Å². The minimum absolute atomic E-state index is 0.329. The van der Waals surface area contributed by atoms with E-state index in [1.165, 1.54) is 0 Å². The van der Waals surface area contributed by atoms with Gasteiger partial charge in [-0.3, -0.25) is 4.79 Å². The standard InChI is InChI=1S/C19H23NO3/c1-2-3-4-5-13-17(19(22)23)20-18(21)16-12-8-10-14-9-6-7-11-15(14)16/h6-12,17H,2-5,13H2,1H3,(H,20,21)(H,22,23)/t17-/m0/s1. The number of carbonyl (C=O) groups excluding carboxylic acids is 1. The summed E-state index contributed by atoms with van der Waals surface area (Å²) in [5.74, 6) is -1.31. The van der Waals surface area contributed by atoms with Gasteiger partial charge in [0.15, 0.2) is 0 Å². The lowest BCUT2D eigenvalue weighted by molar-refractivity contribution is -0.139. The molecule has 4 heteroatoms. The first-order chi connectivity index (χ1) is 11.1. The Morgan fingerprint density at radius 2 is 1.78 bits per heavy atom. The highest BCUT2D eigenvalue weighted by Crippen LogP contribution is 2.18. The summed E-state index contributed by atoms with van der Waals surface area (Å²) in [5, 5.41) is 13.8. The van der Waals surface area contributed by atoms with Gasteiger partial charge in [-0.05, 0) is 23.3 Å². The maximum absolute atomic E-state index is 12.5. The molecule has 1 atom stereocenters. The highest BCUT2D eigenvalue weighted by atomic mass is 16.4. The Hall–Kier alpha value is -2.36. The molecule has 0 spiro atoms. The van der Waals surface area contributed by atoms with Crippen molar-refractivity contribution >= 4 is 22.6 Å². The molecule has 0 aliphatic rings. The summed E-state index contributed by atoms with van der Waals surface area (Å²) >= 11 is 0. The smallest absolute Gasteiger partial charge is 0.326 e. The van der Waals surface area contributed by atoms with Gasteiger partial charge in [-0.25, -0.2) is 4.79 Å². The number of amides is 1. The molecule has 0 bridgehead atoms. The SMILES string of the molecule is CCCCCC[C@H](NC(=O)c1cccc2ccccc12)C(=O)O. The van der Waals surface area contributed by atoms with Crippen LogP contribution in [0.4, 0.5) is 0 Å². The van der Waals surface area contributed by atoms with E-state index in [2.05, 4.69) is 12.2 Å². The van der Waals surface area contributed by atoms with Crippen molar-refractivity contribution in [3.8, 4) is 0 Å². The Labute approximate surface area is 136 Å². The van der Waals surface area contributed by atoms with Gasteiger partial charge in [-0.2, -0.15) is 0 Å². The van der Waals surface area contributed by atoms with Crippen LogP contribution in [-0.4, -0.2) is 23.0 Å². The number of aliphatic carboxylic acids is 1. The Kier molecular flexibility index (Phi) is 6.15. The number of nitrogens with one attached hydrogen (secondary N) is 1. The van der Waals surface area contributed by atoms with Crippen LogP contribution in [0.5, 0.6) is 0 Å². The zero-order valence-electron chi connectivity index (χ0n) is 13.4. The largest absolute Gasteiger partial charge is 0.480 e. The lowest BCUT2D eigenvalue weighted by Crippen LogP contribution is -2.40. The number of hydrogen-bond donors (Lipinski definition) is 2. The van der Waals surface area contributed by atoms with Gasteiger partial charge in [0.05, 0.1) is 0 Å². The monoisotopic (exact) mass is 313 g/mol. The second-order valence-electron chi connectivity index (χ2n) is 5.74. The molecule has 0 unspecified atom stereocenters. The second-order valence-corrected chi connectivity index (χ2v) is 5.74. The van der Waals surface area contributed by atoms with Gasteiger partial charge in [-0.15, -0.1) is 0 Å². The van der Waals surface area contributed by atoms with Crippen LogP contribution in [0.25, 0.3) is 10.8 Å². The van der Waals surface area contributed by atoms with E-state index in [0.717, 1.165) is 36.5 Å². The van der Waals surface area contributed by atoms with Crippen molar-refractivity contribution in [3.05, 3.63) is 48.0 Å². The van der Waals surface area contributed by atoms with E-state index in [1.54, 1.807) is 6.07 Å². The summed E-state index contributed by atoms with van der Waals surface area (Å²) in [6, 6.07) is 12.2. The summed E-state index contributed by atoms with van der Waals surface area (Å²) in [6.45, 7) is 2.11. The number of hydrogen-bond acceptors (Lipinski definition) is 2. The van der Waals surface area contributed by atoms with Gasteiger partial charge in [0.25, 0.3) is 5.91 Å². The minimum Gasteiger partial charge on any atom is -0.480 e. The lowest BCUT2D eigenvalue weighted by Gasteiger charge is -2.15. The summed E-state index contributed by atoms with van der Waals surface area (Å²) in [4.78, 5) is 23.9. The molecule has 1 amide bonds. The van der Waals surface area contributed by atoms with Crippen LogP contribution in [0.1, 0.15) is 49.4 Å². The van der Waals surface area contributed by atoms with E-state index in [0.29, 0.717) is 12.0 Å². The summed E-state index contributed by atoms with van der Waals surface area (Å²) < 4.78 is 0. The molecule has 2 aromatic rings. The summed E-state index contributed by atoms with van der Waals surface area (Å²) in [7, 11) is 0. The van der Waals surface area contributed by atoms with Gasteiger partial charge < -0.3 is 10.4 Å². The third-order valence-corrected chi connectivity index (χ3v) is 3.98. The minimum atomic E-state index is -0.977. The van der Waals surface area contributed by atoms with Crippen molar-refractivity contribution < 1.29 is 14.7 Å². The van der Waals surface area contributed by atoms with E-state index in [1.807, 2.05) is 36.4 Å². The molecule has 0 saturated carbocycles. The fraction of sp³-hybridized carbons (Fsp3) is 0.368. The second kappa shape index (κ2) is 8.32. The van der Waals surface area contributed by atoms with E-state index >= 15 is 0 Å². The maximum atomic E-state index is 12.5. The Morgan fingerprint density at radius 3 is 2.52 bits per heavy atom. The van der Waals surface area contributed by atoms with Gasteiger partial charge in [0.2, 0.25) is 0 Å². The molecular weight excluding hydrogens is 290 g/mol. The van der Waals surface area contributed by atoms with Crippen LogP contribution >= 0.6 is 0 Å². The van der Waals surface area contributed by atoms with Crippen LogP contribution in [0.15, 0.2) is 42.5 Å². The fourth-order valence-electron chi connectivity index (χ4n) is 2.69. The van der Waals surface area contributed by atoms with Gasteiger partial charge >= 0.3 is 5.97 Å². The van der Waals surface area contributed by atoms with Gasteiger partial charge in [-0.1, -0.05) is 69.0 Å². The molecular formula is C19H23NO3. The molecule has 0 heterocycles. The molecule has 2 aromatic carbocycles. The third kappa shape index (κ3) is 4.55. The van der Waals surface area contributed by atoms with Crippen LogP contribution in [-0.2, 0) is 4.79 Å². The summed E-state index contributed by atoms with van der Waals surface area (Å²) in [5.41, 5.74) is 0.517. The molecule has 0 aromatic heterocycles.